The molecule has 0 spiro atoms. The van der Waals surface area contributed by atoms with Crippen molar-refractivity contribution < 1.29 is 0 Å². The van der Waals surface area contributed by atoms with E-state index in [1.165, 1.54) is 5.56 Å². The van der Waals surface area contributed by atoms with Gasteiger partial charge in [-0.2, -0.15) is 0 Å². The number of hydrogen-bond donors (Lipinski definition) is 2. The summed E-state index contributed by atoms with van der Waals surface area (Å²) < 4.78 is 0. The highest BCUT2D eigenvalue weighted by Crippen LogP contribution is 2.23. The highest BCUT2D eigenvalue weighted by molar-refractivity contribution is 5.90. The molecule has 19 heavy (non-hydrogen) atoms. The van der Waals surface area contributed by atoms with Crippen LogP contribution in [-0.4, -0.2) is 12.0 Å². The van der Waals surface area contributed by atoms with Crippen molar-refractivity contribution in [3.8, 4) is 0 Å². The Morgan fingerprint density at radius 1 is 1.05 bits per heavy atom. The molecule has 1 unspecified atom stereocenters. The van der Waals surface area contributed by atoms with Gasteiger partial charge < -0.3 is 5.32 Å². The van der Waals surface area contributed by atoms with Crippen LogP contribution in [0.4, 0.5) is 5.69 Å². The second kappa shape index (κ2) is 4.86. The Balaban J connectivity index is 1.72. The average Bonchev–Trinajstić information content (AvgIpc) is 2.46. The topological polar surface area (TPSA) is 36.4 Å². The third-order valence-corrected chi connectivity index (χ3v) is 3.28. The zero-order valence-electron chi connectivity index (χ0n) is 10.9. The molecule has 0 bridgehead atoms. The summed E-state index contributed by atoms with van der Waals surface area (Å²) in [6.45, 7) is 2.83. The molecule has 3 rings (SSSR count). The molecule has 96 valence electrons. The highest BCUT2D eigenvalue weighted by Gasteiger charge is 2.25. The number of benzene rings is 2. The number of hydrogen-bond acceptors (Lipinski definition) is 3. The minimum atomic E-state index is -0.454. The first-order chi connectivity index (χ1) is 9.25. The molecule has 2 aromatic carbocycles. The van der Waals surface area contributed by atoms with Crippen molar-refractivity contribution in [1.82, 2.24) is 5.32 Å². The molecule has 2 N–H and O–H groups in total. The van der Waals surface area contributed by atoms with Gasteiger partial charge in [0.2, 0.25) is 0 Å². The summed E-state index contributed by atoms with van der Waals surface area (Å²) in [5, 5.41) is 6.88. The van der Waals surface area contributed by atoms with Crippen LogP contribution >= 0.6 is 0 Å². The van der Waals surface area contributed by atoms with Crippen LogP contribution < -0.4 is 10.6 Å². The molecule has 1 aliphatic heterocycles. The predicted octanol–water partition coefficient (Wildman–Crippen LogP) is 2.99. The van der Waals surface area contributed by atoms with Crippen molar-refractivity contribution in [1.29, 1.82) is 0 Å². The van der Waals surface area contributed by atoms with Crippen molar-refractivity contribution in [3.63, 3.8) is 0 Å². The Kier molecular flexibility index (Phi) is 3.05. The zero-order valence-corrected chi connectivity index (χ0v) is 10.9. The molecule has 1 aliphatic rings. The summed E-state index contributed by atoms with van der Waals surface area (Å²) in [5.74, 6) is -0.454. The van der Waals surface area contributed by atoms with E-state index in [1.807, 2.05) is 43.5 Å². The number of anilines is 1. The first kappa shape index (κ1) is 11.9. The molecule has 0 amide bonds. The molecule has 0 fully saturated rings. The van der Waals surface area contributed by atoms with Gasteiger partial charge in [0.15, 0.2) is 5.79 Å². The lowest BCUT2D eigenvalue weighted by Gasteiger charge is -2.32. The van der Waals surface area contributed by atoms with Crippen LogP contribution in [0.2, 0.25) is 0 Å². The smallest absolute Gasteiger partial charge is 0.182 e. The predicted molar refractivity (Wildman–Crippen MR) is 79.3 cm³/mol. The molecule has 0 saturated heterocycles. The van der Waals surface area contributed by atoms with E-state index in [1.54, 1.807) is 0 Å². The second-order valence-corrected chi connectivity index (χ2v) is 4.88. The van der Waals surface area contributed by atoms with Gasteiger partial charge in [0.05, 0.1) is 0 Å². The van der Waals surface area contributed by atoms with E-state index in [0.29, 0.717) is 0 Å². The summed E-state index contributed by atoms with van der Waals surface area (Å²) in [6.07, 6.45) is 1.92. The van der Waals surface area contributed by atoms with Crippen LogP contribution in [0.3, 0.4) is 0 Å². The maximum absolute atomic E-state index is 4.57. The van der Waals surface area contributed by atoms with Crippen LogP contribution in [0.15, 0.2) is 59.6 Å². The molecule has 1 atom stereocenters. The Morgan fingerprint density at radius 3 is 2.63 bits per heavy atom. The molecule has 0 radical (unpaired) electrons. The van der Waals surface area contributed by atoms with Gasteiger partial charge >= 0.3 is 0 Å². The lowest BCUT2D eigenvalue weighted by atomic mass is 10.1. The normalized spacial score (nSPS) is 20.7. The lowest BCUT2D eigenvalue weighted by molar-refractivity contribution is 0.417. The van der Waals surface area contributed by atoms with Crippen LogP contribution in [0.25, 0.3) is 0 Å². The van der Waals surface area contributed by atoms with Crippen molar-refractivity contribution in [3.05, 3.63) is 65.7 Å². The maximum Gasteiger partial charge on any atom is 0.182 e. The van der Waals surface area contributed by atoms with Crippen molar-refractivity contribution >= 4 is 11.9 Å². The first-order valence-electron chi connectivity index (χ1n) is 6.47. The van der Waals surface area contributed by atoms with Gasteiger partial charge in [0.1, 0.15) is 0 Å². The molecular formula is C16H17N3. The Hall–Kier alpha value is -2.13. The fourth-order valence-electron chi connectivity index (χ4n) is 2.18. The maximum atomic E-state index is 4.57. The van der Waals surface area contributed by atoms with E-state index < -0.39 is 5.79 Å². The quantitative estimate of drug-likeness (QED) is 0.879. The molecule has 0 aromatic heterocycles. The Morgan fingerprint density at radius 2 is 1.79 bits per heavy atom. The third-order valence-electron chi connectivity index (χ3n) is 3.28. The van der Waals surface area contributed by atoms with E-state index in [2.05, 4.69) is 39.9 Å². The van der Waals surface area contributed by atoms with Gasteiger partial charge in [-0.1, -0.05) is 48.5 Å². The third kappa shape index (κ3) is 2.66. The fourth-order valence-corrected chi connectivity index (χ4v) is 2.18. The first-order valence-corrected chi connectivity index (χ1v) is 6.47. The van der Waals surface area contributed by atoms with Crippen LogP contribution in [0.5, 0.6) is 0 Å². The molecule has 3 nitrogen and oxygen atoms in total. The number of para-hydroxylation sites is 1. The van der Waals surface area contributed by atoms with Crippen LogP contribution in [0.1, 0.15) is 18.1 Å². The zero-order chi connectivity index (χ0) is 13.1. The van der Waals surface area contributed by atoms with Gasteiger partial charge in [0.25, 0.3) is 0 Å². The Bertz CT molecular complexity index is 592. The lowest BCUT2D eigenvalue weighted by Crippen LogP contribution is -2.48. The summed E-state index contributed by atoms with van der Waals surface area (Å²) in [4.78, 5) is 4.57. The van der Waals surface area contributed by atoms with Gasteiger partial charge in [-0.15, -0.1) is 0 Å². The summed E-state index contributed by atoms with van der Waals surface area (Å²) in [5.41, 5.74) is 3.49. The molecule has 2 aromatic rings. The summed E-state index contributed by atoms with van der Waals surface area (Å²) in [7, 11) is 0. The SMILES string of the molecule is CC1(NCc2ccccc2)N=Cc2ccccc2N1. The average molecular weight is 251 g/mol. The van der Waals surface area contributed by atoms with Crippen molar-refractivity contribution in [2.75, 3.05) is 5.32 Å². The summed E-state index contributed by atoms with van der Waals surface area (Å²) in [6, 6.07) is 18.5. The van der Waals surface area contributed by atoms with Gasteiger partial charge in [-0.25, -0.2) is 0 Å². The molecule has 1 heterocycles. The minimum absolute atomic E-state index is 0.454. The van der Waals surface area contributed by atoms with Crippen molar-refractivity contribution in [2.24, 2.45) is 4.99 Å². The largest absolute Gasteiger partial charge is 0.349 e. The molecule has 0 saturated carbocycles. The van der Waals surface area contributed by atoms with Crippen LogP contribution in [-0.2, 0) is 6.54 Å². The number of fused-ring (bicyclic) bond motifs is 1. The molecule has 0 aliphatic carbocycles. The van der Waals surface area contributed by atoms with E-state index in [0.717, 1.165) is 17.8 Å². The van der Waals surface area contributed by atoms with Crippen LogP contribution in [0, 0.1) is 0 Å². The standard InChI is InChI=1S/C16H17N3/c1-16(17-11-13-7-3-2-4-8-13)18-12-14-9-5-6-10-15(14)19-16/h2-10,12,17,19H,11H2,1H3. The number of rotatable bonds is 3. The number of nitrogens with one attached hydrogen (secondary N) is 2. The second-order valence-electron chi connectivity index (χ2n) is 4.88. The summed E-state index contributed by atoms with van der Waals surface area (Å²) >= 11 is 0. The molecular weight excluding hydrogens is 234 g/mol. The monoisotopic (exact) mass is 251 g/mol. The Labute approximate surface area is 113 Å². The molecule has 3 heteroatoms. The van der Waals surface area contributed by atoms with Gasteiger partial charge in [-0.05, 0) is 18.6 Å². The highest BCUT2D eigenvalue weighted by atomic mass is 15.3. The van der Waals surface area contributed by atoms with E-state index in [4.69, 9.17) is 0 Å². The van der Waals surface area contributed by atoms with Gasteiger partial charge in [0, 0.05) is 24.0 Å². The minimum Gasteiger partial charge on any atom is -0.349 e. The van der Waals surface area contributed by atoms with E-state index >= 15 is 0 Å². The number of nitrogens with zero attached hydrogens (tertiary/aromatic N) is 1. The number of aliphatic imine (C=N–C) groups is 1. The van der Waals surface area contributed by atoms with E-state index in [-0.39, 0.29) is 0 Å². The van der Waals surface area contributed by atoms with E-state index in [9.17, 15) is 0 Å². The van der Waals surface area contributed by atoms with Gasteiger partial charge in [-0.3, -0.25) is 10.3 Å². The fraction of sp³-hybridized carbons (Fsp3) is 0.188. The van der Waals surface area contributed by atoms with Crippen molar-refractivity contribution in [2.45, 2.75) is 19.3 Å².